The van der Waals surface area contributed by atoms with E-state index in [0.29, 0.717) is 0 Å². The Bertz CT molecular complexity index is 211. The molecule has 17 heavy (non-hydrogen) atoms. The van der Waals surface area contributed by atoms with E-state index in [-0.39, 0.29) is 0 Å². The molecule has 1 aliphatic heterocycles. The summed E-state index contributed by atoms with van der Waals surface area (Å²) in [5.41, 5.74) is 0. The molecule has 0 aromatic heterocycles. The van der Waals surface area contributed by atoms with Crippen molar-refractivity contribution in [3.8, 4) is 0 Å². The van der Waals surface area contributed by atoms with Crippen molar-refractivity contribution in [2.45, 2.75) is 70.9 Å². The molecule has 2 fully saturated rings. The highest BCUT2D eigenvalue weighted by atomic mass is 15.2. The summed E-state index contributed by atoms with van der Waals surface area (Å²) in [5, 5.41) is 3.69. The molecule has 2 atom stereocenters. The van der Waals surface area contributed by atoms with Gasteiger partial charge in [0.1, 0.15) is 0 Å². The molecule has 0 aromatic carbocycles. The van der Waals surface area contributed by atoms with Crippen molar-refractivity contribution in [3.05, 3.63) is 0 Å². The molecule has 1 saturated carbocycles. The van der Waals surface area contributed by atoms with E-state index < -0.39 is 0 Å². The van der Waals surface area contributed by atoms with Crippen LogP contribution >= 0.6 is 0 Å². The fourth-order valence-corrected chi connectivity index (χ4v) is 3.53. The fourth-order valence-electron chi connectivity index (χ4n) is 3.53. The normalized spacial score (nSPS) is 32.1. The molecular formula is C15H30N2. The summed E-state index contributed by atoms with van der Waals surface area (Å²) in [6.45, 7) is 8.48. The van der Waals surface area contributed by atoms with Crippen LogP contribution in [0, 0.1) is 5.92 Å². The number of rotatable bonds is 5. The summed E-state index contributed by atoms with van der Waals surface area (Å²) in [7, 11) is 0. The van der Waals surface area contributed by atoms with Gasteiger partial charge in [-0.3, -0.25) is 4.90 Å². The highest BCUT2D eigenvalue weighted by Crippen LogP contribution is 2.28. The number of hydrogen-bond acceptors (Lipinski definition) is 2. The van der Waals surface area contributed by atoms with Crippen LogP contribution in [-0.4, -0.2) is 36.6 Å². The predicted octanol–water partition coefficient (Wildman–Crippen LogP) is 3.03. The third-order valence-electron chi connectivity index (χ3n) is 4.88. The maximum absolute atomic E-state index is 3.69. The Balaban J connectivity index is 1.77. The van der Waals surface area contributed by atoms with Gasteiger partial charge in [-0.15, -0.1) is 0 Å². The summed E-state index contributed by atoms with van der Waals surface area (Å²) < 4.78 is 0. The van der Waals surface area contributed by atoms with Crippen LogP contribution in [0.3, 0.4) is 0 Å². The molecule has 100 valence electrons. The van der Waals surface area contributed by atoms with E-state index in [1.54, 1.807) is 0 Å². The second kappa shape index (κ2) is 6.75. The van der Waals surface area contributed by atoms with Gasteiger partial charge in [-0.2, -0.15) is 0 Å². The van der Waals surface area contributed by atoms with E-state index in [1.807, 2.05) is 0 Å². The lowest BCUT2D eigenvalue weighted by Crippen LogP contribution is -2.56. The zero-order chi connectivity index (χ0) is 12.1. The van der Waals surface area contributed by atoms with Crippen molar-refractivity contribution in [3.63, 3.8) is 0 Å². The van der Waals surface area contributed by atoms with Crippen molar-refractivity contribution in [2.24, 2.45) is 5.92 Å². The number of piperazine rings is 1. The topological polar surface area (TPSA) is 15.3 Å². The molecule has 2 aliphatic rings. The van der Waals surface area contributed by atoms with E-state index in [2.05, 4.69) is 24.1 Å². The molecule has 2 nitrogen and oxygen atoms in total. The van der Waals surface area contributed by atoms with Gasteiger partial charge in [0.15, 0.2) is 0 Å². The number of nitrogens with zero attached hydrogens (tertiary/aromatic N) is 1. The van der Waals surface area contributed by atoms with Crippen LogP contribution < -0.4 is 5.32 Å². The van der Waals surface area contributed by atoms with Gasteiger partial charge in [0.25, 0.3) is 0 Å². The lowest BCUT2D eigenvalue weighted by Gasteiger charge is -2.40. The quantitative estimate of drug-likeness (QED) is 0.792. The third-order valence-corrected chi connectivity index (χ3v) is 4.88. The second-order valence-corrected chi connectivity index (χ2v) is 6.01. The summed E-state index contributed by atoms with van der Waals surface area (Å²) >= 11 is 0. The van der Waals surface area contributed by atoms with Gasteiger partial charge in [0.2, 0.25) is 0 Å². The predicted molar refractivity (Wildman–Crippen MR) is 74.3 cm³/mol. The van der Waals surface area contributed by atoms with Gasteiger partial charge >= 0.3 is 0 Å². The van der Waals surface area contributed by atoms with E-state index in [4.69, 9.17) is 0 Å². The Kier molecular flexibility index (Phi) is 5.30. The molecule has 0 radical (unpaired) electrons. The van der Waals surface area contributed by atoms with Gasteiger partial charge in [0, 0.05) is 25.2 Å². The molecule has 0 amide bonds. The van der Waals surface area contributed by atoms with E-state index in [1.165, 1.54) is 64.6 Å². The van der Waals surface area contributed by atoms with Crippen LogP contribution in [0.4, 0.5) is 0 Å². The van der Waals surface area contributed by atoms with Gasteiger partial charge < -0.3 is 5.32 Å². The minimum atomic E-state index is 0.737. The number of nitrogens with one attached hydrogen (secondary N) is 1. The van der Waals surface area contributed by atoms with Gasteiger partial charge in [0.05, 0.1) is 0 Å². The lowest BCUT2D eigenvalue weighted by molar-refractivity contribution is 0.117. The Hall–Kier alpha value is -0.0800. The standard InChI is InChI=1S/C15H30N2/c1-3-14-12-17(15(4-2)11-16-14)10-9-13-7-5-6-8-13/h13-16H,3-12H2,1-2H3. The van der Waals surface area contributed by atoms with Crippen molar-refractivity contribution >= 4 is 0 Å². The van der Waals surface area contributed by atoms with Gasteiger partial charge in [-0.1, -0.05) is 39.5 Å². The van der Waals surface area contributed by atoms with Crippen LogP contribution in [0.5, 0.6) is 0 Å². The molecule has 2 rings (SSSR count). The van der Waals surface area contributed by atoms with Crippen molar-refractivity contribution in [2.75, 3.05) is 19.6 Å². The lowest BCUT2D eigenvalue weighted by atomic mass is 10.0. The monoisotopic (exact) mass is 238 g/mol. The third kappa shape index (κ3) is 3.69. The van der Waals surface area contributed by atoms with Crippen LogP contribution in [0.15, 0.2) is 0 Å². The highest BCUT2D eigenvalue weighted by Gasteiger charge is 2.26. The summed E-state index contributed by atoms with van der Waals surface area (Å²) in [4.78, 5) is 2.77. The molecule has 0 bridgehead atoms. The molecule has 2 heteroatoms. The molecule has 1 heterocycles. The van der Waals surface area contributed by atoms with Gasteiger partial charge in [-0.05, 0) is 31.7 Å². The first-order valence-corrected chi connectivity index (χ1v) is 7.80. The maximum Gasteiger partial charge on any atom is 0.0218 e. The highest BCUT2D eigenvalue weighted by molar-refractivity contribution is 4.85. The fraction of sp³-hybridized carbons (Fsp3) is 1.00. The minimum absolute atomic E-state index is 0.737. The van der Waals surface area contributed by atoms with Gasteiger partial charge in [-0.25, -0.2) is 0 Å². The molecular weight excluding hydrogens is 208 g/mol. The Morgan fingerprint density at radius 1 is 1.12 bits per heavy atom. The Morgan fingerprint density at radius 3 is 2.53 bits per heavy atom. The zero-order valence-electron chi connectivity index (χ0n) is 11.8. The molecule has 1 aliphatic carbocycles. The average molecular weight is 238 g/mol. The molecule has 0 aromatic rings. The first-order valence-electron chi connectivity index (χ1n) is 7.80. The molecule has 1 saturated heterocycles. The van der Waals surface area contributed by atoms with Crippen LogP contribution in [-0.2, 0) is 0 Å². The average Bonchev–Trinajstić information content (AvgIpc) is 2.89. The second-order valence-electron chi connectivity index (χ2n) is 6.01. The van der Waals surface area contributed by atoms with E-state index in [9.17, 15) is 0 Å². The van der Waals surface area contributed by atoms with Crippen molar-refractivity contribution < 1.29 is 0 Å². The molecule has 1 N–H and O–H groups in total. The summed E-state index contributed by atoms with van der Waals surface area (Å²) in [6, 6.07) is 1.53. The first-order chi connectivity index (χ1) is 8.33. The zero-order valence-corrected chi connectivity index (χ0v) is 11.8. The molecule has 2 unspecified atom stereocenters. The van der Waals surface area contributed by atoms with Crippen molar-refractivity contribution in [1.29, 1.82) is 0 Å². The Labute approximate surface area is 107 Å². The van der Waals surface area contributed by atoms with Crippen LogP contribution in [0.1, 0.15) is 58.8 Å². The SMILES string of the molecule is CCC1CN(CCC2CCCC2)C(CC)CN1. The van der Waals surface area contributed by atoms with E-state index >= 15 is 0 Å². The maximum atomic E-state index is 3.69. The van der Waals surface area contributed by atoms with E-state index in [0.717, 1.165) is 18.0 Å². The van der Waals surface area contributed by atoms with Crippen LogP contribution in [0.2, 0.25) is 0 Å². The largest absolute Gasteiger partial charge is 0.311 e. The number of hydrogen-bond donors (Lipinski definition) is 1. The van der Waals surface area contributed by atoms with Crippen LogP contribution in [0.25, 0.3) is 0 Å². The first kappa shape index (κ1) is 13.4. The van der Waals surface area contributed by atoms with Crippen molar-refractivity contribution in [1.82, 2.24) is 10.2 Å². The summed E-state index contributed by atoms with van der Waals surface area (Å²) in [5.74, 6) is 1.04. The summed E-state index contributed by atoms with van der Waals surface area (Å²) in [6.07, 6.45) is 10.00. The Morgan fingerprint density at radius 2 is 1.88 bits per heavy atom. The smallest absolute Gasteiger partial charge is 0.0218 e. The minimum Gasteiger partial charge on any atom is -0.311 e. The molecule has 0 spiro atoms.